The zero-order valence-electron chi connectivity index (χ0n) is 11.4. The predicted octanol–water partition coefficient (Wildman–Crippen LogP) is 1.26. The third-order valence-electron chi connectivity index (χ3n) is 3.11. The zero-order valence-corrected chi connectivity index (χ0v) is 12.2. The molecule has 2 N–H and O–H groups in total. The number of benzene rings is 1. The number of amides is 1. The third kappa shape index (κ3) is 5.57. The molecule has 0 bridgehead atoms. The van der Waals surface area contributed by atoms with Gasteiger partial charge in [-0.3, -0.25) is 14.9 Å². The van der Waals surface area contributed by atoms with Crippen molar-refractivity contribution in [1.29, 1.82) is 0 Å². The topological polar surface area (TPSA) is 93.5 Å². The van der Waals surface area contributed by atoms with Gasteiger partial charge in [-0.15, -0.1) is 12.4 Å². The van der Waals surface area contributed by atoms with Gasteiger partial charge in [0.25, 0.3) is 11.6 Å². The van der Waals surface area contributed by atoms with E-state index >= 15 is 0 Å². The lowest BCUT2D eigenvalue weighted by Crippen LogP contribution is -2.39. The van der Waals surface area contributed by atoms with Crippen LogP contribution >= 0.6 is 12.4 Å². The fourth-order valence-electron chi connectivity index (χ4n) is 2.05. The summed E-state index contributed by atoms with van der Waals surface area (Å²) in [4.78, 5) is 21.7. The summed E-state index contributed by atoms with van der Waals surface area (Å²) in [6, 6.07) is 6.11. The highest BCUT2D eigenvalue weighted by Crippen LogP contribution is 2.18. The Labute approximate surface area is 128 Å². The van der Waals surface area contributed by atoms with E-state index in [0.29, 0.717) is 18.3 Å². The lowest BCUT2D eigenvalue weighted by molar-refractivity contribution is -0.384. The van der Waals surface area contributed by atoms with Crippen LogP contribution in [0.4, 0.5) is 5.69 Å². The average molecular weight is 316 g/mol. The molecule has 1 atom stereocenters. The third-order valence-corrected chi connectivity index (χ3v) is 3.11. The molecular weight excluding hydrogens is 298 g/mol. The van der Waals surface area contributed by atoms with E-state index in [9.17, 15) is 14.9 Å². The minimum absolute atomic E-state index is 0. The smallest absolute Gasteiger partial charge is 0.273 e. The maximum Gasteiger partial charge on any atom is 0.273 e. The Morgan fingerprint density at radius 3 is 3.00 bits per heavy atom. The highest BCUT2D eigenvalue weighted by atomic mass is 35.5. The normalized spacial score (nSPS) is 16.9. The first-order chi connectivity index (χ1) is 9.65. The average Bonchev–Trinajstić information content (AvgIpc) is 2.96. The van der Waals surface area contributed by atoms with Crippen molar-refractivity contribution >= 4 is 24.0 Å². The monoisotopic (exact) mass is 315 g/mol. The van der Waals surface area contributed by atoms with Crippen molar-refractivity contribution in [2.75, 3.05) is 19.7 Å². The maximum atomic E-state index is 11.6. The Balaban J connectivity index is 0.00000220. The van der Waals surface area contributed by atoms with Gasteiger partial charge in [-0.1, -0.05) is 6.07 Å². The molecule has 21 heavy (non-hydrogen) atoms. The first-order valence-corrected chi connectivity index (χ1v) is 6.52. The lowest BCUT2D eigenvalue weighted by atomic mass is 10.2. The molecule has 1 heterocycles. The van der Waals surface area contributed by atoms with Crippen LogP contribution in [0.2, 0.25) is 0 Å². The number of nitro benzene ring substituents is 1. The second kappa shape index (κ2) is 8.43. The van der Waals surface area contributed by atoms with Crippen LogP contribution in [0.3, 0.4) is 0 Å². The maximum absolute atomic E-state index is 11.6. The van der Waals surface area contributed by atoms with Gasteiger partial charge in [0.2, 0.25) is 0 Å². The van der Waals surface area contributed by atoms with Gasteiger partial charge in [0.1, 0.15) is 5.75 Å². The number of carbonyl (C=O) groups excluding carboxylic acids is 1. The molecule has 1 fully saturated rings. The number of hydrogen-bond donors (Lipinski definition) is 2. The summed E-state index contributed by atoms with van der Waals surface area (Å²) in [6.07, 6.45) is 2.19. The first-order valence-electron chi connectivity index (χ1n) is 6.52. The van der Waals surface area contributed by atoms with E-state index in [4.69, 9.17) is 4.74 Å². The largest absolute Gasteiger partial charge is 0.484 e. The number of nitro groups is 1. The fraction of sp³-hybridized carbons (Fsp3) is 0.462. The molecule has 1 aromatic rings. The molecule has 1 unspecified atom stereocenters. The van der Waals surface area contributed by atoms with Crippen LogP contribution in [0.25, 0.3) is 0 Å². The molecule has 1 amide bonds. The van der Waals surface area contributed by atoms with Crippen molar-refractivity contribution in [3.63, 3.8) is 0 Å². The molecule has 0 saturated carbocycles. The molecule has 0 spiro atoms. The van der Waals surface area contributed by atoms with E-state index in [1.807, 2.05) is 0 Å². The number of carbonyl (C=O) groups is 1. The molecule has 1 aromatic carbocycles. The molecule has 116 valence electrons. The van der Waals surface area contributed by atoms with E-state index in [-0.39, 0.29) is 30.6 Å². The van der Waals surface area contributed by atoms with Gasteiger partial charge in [0, 0.05) is 18.7 Å². The minimum atomic E-state index is -0.501. The molecule has 1 aliphatic rings. The molecule has 0 radical (unpaired) electrons. The Kier molecular flexibility index (Phi) is 6.90. The van der Waals surface area contributed by atoms with Gasteiger partial charge >= 0.3 is 0 Å². The molecular formula is C13H18ClN3O4. The molecule has 0 aliphatic carbocycles. The van der Waals surface area contributed by atoms with Crippen molar-refractivity contribution < 1.29 is 14.5 Å². The van der Waals surface area contributed by atoms with Crippen molar-refractivity contribution in [1.82, 2.24) is 10.6 Å². The number of rotatable bonds is 6. The fourth-order valence-corrected chi connectivity index (χ4v) is 2.05. The summed E-state index contributed by atoms with van der Waals surface area (Å²) in [6.45, 7) is 1.43. The summed E-state index contributed by atoms with van der Waals surface area (Å²) in [5.41, 5.74) is -0.0573. The van der Waals surface area contributed by atoms with Gasteiger partial charge < -0.3 is 15.4 Å². The van der Waals surface area contributed by atoms with E-state index < -0.39 is 4.92 Å². The molecule has 8 heteroatoms. The summed E-state index contributed by atoms with van der Waals surface area (Å²) >= 11 is 0. The van der Waals surface area contributed by atoms with Crippen molar-refractivity contribution in [2.24, 2.45) is 0 Å². The number of ether oxygens (including phenoxy) is 1. The van der Waals surface area contributed by atoms with Crippen LogP contribution in [0.15, 0.2) is 24.3 Å². The van der Waals surface area contributed by atoms with Crippen LogP contribution in [-0.4, -0.2) is 36.6 Å². The van der Waals surface area contributed by atoms with Crippen molar-refractivity contribution in [3.8, 4) is 5.75 Å². The molecule has 2 rings (SSSR count). The van der Waals surface area contributed by atoms with E-state index in [1.165, 1.54) is 18.2 Å². The molecule has 7 nitrogen and oxygen atoms in total. The standard InChI is InChI=1S/C13H17N3O4.ClH/c17-13(15-8-10-3-2-6-14-10)9-20-12-5-1-4-11(7-12)16(18)19;/h1,4-5,7,10,14H,2-3,6,8-9H2,(H,15,17);1H. The SMILES string of the molecule is Cl.O=C(COc1cccc([N+](=O)[O-])c1)NCC1CCCN1. The number of non-ortho nitro benzene ring substituents is 1. The summed E-state index contributed by atoms with van der Waals surface area (Å²) < 4.78 is 5.24. The van der Waals surface area contributed by atoms with Crippen LogP contribution in [-0.2, 0) is 4.79 Å². The Morgan fingerprint density at radius 2 is 2.33 bits per heavy atom. The zero-order chi connectivity index (χ0) is 14.4. The van der Waals surface area contributed by atoms with E-state index in [0.717, 1.165) is 19.4 Å². The van der Waals surface area contributed by atoms with Crippen LogP contribution in [0.5, 0.6) is 5.75 Å². The lowest BCUT2D eigenvalue weighted by Gasteiger charge is -2.11. The Hall–Kier alpha value is -1.86. The first kappa shape index (κ1) is 17.2. The van der Waals surface area contributed by atoms with Crippen LogP contribution < -0.4 is 15.4 Å². The molecule has 1 aliphatic heterocycles. The number of halogens is 1. The second-order valence-corrected chi connectivity index (χ2v) is 4.64. The van der Waals surface area contributed by atoms with Crippen LogP contribution in [0, 0.1) is 10.1 Å². The van der Waals surface area contributed by atoms with E-state index in [2.05, 4.69) is 10.6 Å². The number of hydrogen-bond acceptors (Lipinski definition) is 5. The highest BCUT2D eigenvalue weighted by Gasteiger charge is 2.15. The van der Waals surface area contributed by atoms with Gasteiger partial charge in [0.15, 0.2) is 6.61 Å². The van der Waals surface area contributed by atoms with Crippen molar-refractivity contribution in [3.05, 3.63) is 34.4 Å². The highest BCUT2D eigenvalue weighted by molar-refractivity contribution is 5.85. The minimum Gasteiger partial charge on any atom is -0.484 e. The van der Waals surface area contributed by atoms with Gasteiger partial charge in [-0.25, -0.2) is 0 Å². The summed E-state index contributed by atoms with van der Waals surface area (Å²) in [5.74, 6) is 0.0820. The Morgan fingerprint density at radius 1 is 1.52 bits per heavy atom. The Bertz CT molecular complexity index is 492. The van der Waals surface area contributed by atoms with Crippen molar-refractivity contribution in [2.45, 2.75) is 18.9 Å². The van der Waals surface area contributed by atoms with Crippen LogP contribution in [0.1, 0.15) is 12.8 Å². The summed E-state index contributed by atoms with van der Waals surface area (Å²) in [5, 5.41) is 16.7. The summed E-state index contributed by atoms with van der Waals surface area (Å²) in [7, 11) is 0. The van der Waals surface area contributed by atoms with E-state index in [1.54, 1.807) is 6.07 Å². The van der Waals surface area contributed by atoms with Gasteiger partial charge in [-0.05, 0) is 25.5 Å². The number of nitrogens with zero attached hydrogens (tertiary/aromatic N) is 1. The van der Waals surface area contributed by atoms with Gasteiger partial charge in [0.05, 0.1) is 11.0 Å². The quantitative estimate of drug-likeness (QED) is 0.609. The molecule has 1 saturated heterocycles. The number of nitrogens with one attached hydrogen (secondary N) is 2. The predicted molar refractivity (Wildman–Crippen MR) is 79.9 cm³/mol. The van der Waals surface area contributed by atoms with Gasteiger partial charge in [-0.2, -0.15) is 0 Å². The molecule has 0 aromatic heterocycles. The second-order valence-electron chi connectivity index (χ2n) is 4.64.